The van der Waals surface area contributed by atoms with E-state index in [0.717, 1.165) is 0 Å². The van der Waals surface area contributed by atoms with Crippen LogP contribution in [0.15, 0.2) is 0 Å². The molecule has 0 aliphatic rings. The molecular formula is C5H10N2O4. The maximum atomic E-state index is 10.6. The van der Waals surface area contributed by atoms with Gasteiger partial charge in [-0.25, -0.2) is 5.06 Å². The number of aliphatic hydroxyl groups is 1. The van der Waals surface area contributed by atoms with Crippen LogP contribution in [-0.4, -0.2) is 42.2 Å². The molecule has 0 aromatic rings. The second kappa shape index (κ2) is 4.64. The zero-order valence-corrected chi connectivity index (χ0v) is 6.11. The molecule has 0 aromatic heterocycles. The Morgan fingerprint density at radius 2 is 2.18 bits per heavy atom. The van der Waals surface area contributed by atoms with Crippen molar-refractivity contribution in [3.63, 3.8) is 0 Å². The number of nitrogens with zero attached hydrogens (tertiary/aromatic N) is 1. The maximum absolute atomic E-state index is 10.6. The number of hydroxylamine groups is 2. The Kier molecular flexibility index (Phi) is 4.16. The molecule has 0 aliphatic heterocycles. The number of carbonyl (C=O) groups excluding carboxylic acids is 2. The minimum Gasteiger partial charge on any atom is -0.386 e. The lowest BCUT2D eigenvalue weighted by molar-refractivity contribution is -0.180. The van der Waals surface area contributed by atoms with E-state index in [4.69, 9.17) is 10.8 Å². The van der Waals surface area contributed by atoms with E-state index < -0.39 is 18.4 Å². The first-order valence-electron chi connectivity index (χ1n) is 2.85. The number of nitrogens with two attached hydrogens (primary N) is 1. The van der Waals surface area contributed by atoms with E-state index in [-0.39, 0.29) is 6.54 Å². The first-order valence-corrected chi connectivity index (χ1v) is 2.85. The molecule has 0 radical (unpaired) electrons. The van der Waals surface area contributed by atoms with Crippen LogP contribution in [0, 0.1) is 0 Å². The van der Waals surface area contributed by atoms with Crippen LogP contribution in [0.1, 0.15) is 0 Å². The lowest BCUT2D eigenvalue weighted by Gasteiger charge is -2.15. The largest absolute Gasteiger partial charge is 0.386 e. The summed E-state index contributed by atoms with van der Waals surface area (Å²) in [5.74, 6) is -1.40. The summed E-state index contributed by atoms with van der Waals surface area (Å²) in [7, 11) is 1.20. The minimum atomic E-state index is -0.707. The van der Waals surface area contributed by atoms with E-state index in [1.165, 1.54) is 7.11 Å². The van der Waals surface area contributed by atoms with Crippen LogP contribution in [0.3, 0.4) is 0 Å². The van der Waals surface area contributed by atoms with Crippen molar-refractivity contribution in [3.05, 3.63) is 0 Å². The monoisotopic (exact) mass is 162 g/mol. The van der Waals surface area contributed by atoms with E-state index in [9.17, 15) is 9.59 Å². The first-order chi connectivity index (χ1) is 5.11. The van der Waals surface area contributed by atoms with Gasteiger partial charge in [0.1, 0.15) is 13.2 Å². The van der Waals surface area contributed by atoms with Crippen molar-refractivity contribution < 1.29 is 19.5 Å². The van der Waals surface area contributed by atoms with E-state index >= 15 is 0 Å². The van der Waals surface area contributed by atoms with Gasteiger partial charge in [0.05, 0.1) is 7.11 Å². The summed E-state index contributed by atoms with van der Waals surface area (Å²) >= 11 is 0. The van der Waals surface area contributed by atoms with E-state index in [1.54, 1.807) is 0 Å². The summed E-state index contributed by atoms with van der Waals surface area (Å²) in [6, 6.07) is 0. The Balaban J connectivity index is 3.94. The van der Waals surface area contributed by atoms with Gasteiger partial charge in [-0.2, -0.15) is 0 Å². The smallest absolute Gasteiger partial charge is 0.272 e. The Morgan fingerprint density at radius 1 is 1.64 bits per heavy atom. The molecule has 0 unspecified atom stereocenters. The van der Waals surface area contributed by atoms with Gasteiger partial charge in [-0.05, 0) is 0 Å². The summed E-state index contributed by atoms with van der Waals surface area (Å²) < 4.78 is 0. The number of hydrogen-bond donors (Lipinski definition) is 2. The number of hydrogen-bond acceptors (Lipinski definition) is 4. The van der Waals surface area contributed by atoms with Crippen LogP contribution in [0.5, 0.6) is 0 Å². The highest BCUT2D eigenvalue weighted by molar-refractivity contribution is 5.83. The van der Waals surface area contributed by atoms with Crippen LogP contribution >= 0.6 is 0 Å². The van der Waals surface area contributed by atoms with Crippen molar-refractivity contribution in [1.82, 2.24) is 5.06 Å². The molecule has 64 valence electrons. The highest BCUT2D eigenvalue weighted by Crippen LogP contribution is 1.87. The molecule has 0 bridgehead atoms. The Labute approximate surface area is 63.5 Å². The zero-order valence-electron chi connectivity index (χ0n) is 6.11. The van der Waals surface area contributed by atoms with Gasteiger partial charge in [0.25, 0.3) is 5.91 Å². The number of carbonyl (C=O) groups is 2. The molecule has 0 saturated carbocycles. The van der Waals surface area contributed by atoms with E-state index in [1.807, 2.05) is 0 Å². The number of rotatable bonds is 4. The average molecular weight is 162 g/mol. The topological polar surface area (TPSA) is 92.9 Å². The lowest BCUT2D eigenvalue weighted by atomic mass is 10.5. The number of primary amides is 1. The molecular weight excluding hydrogens is 152 g/mol. The standard InChI is InChI=1S/C5H10N2O4/c1-11-7(2-4(6)9)5(10)3-8/h8H,2-3H2,1H3,(H2,6,9). The predicted octanol–water partition coefficient (Wildman–Crippen LogP) is -2.15. The van der Waals surface area contributed by atoms with Crippen LogP contribution in [0.4, 0.5) is 0 Å². The van der Waals surface area contributed by atoms with Gasteiger partial charge in [-0.3, -0.25) is 14.4 Å². The molecule has 0 atom stereocenters. The van der Waals surface area contributed by atoms with Crippen molar-refractivity contribution in [2.24, 2.45) is 5.73 Å². The molecule has 0 saturated heterocycles. The van der Waals surface area contributed by atoms with Crippen molar-refractivity contribution in [2.45, 2.75) is 0 Å². The molecule has 0 rings (SSSR count). The third-order valence-electron chi connectivity index (χ3n) is 0.933. The Hall–Kier alpha value is -1.14. The normalized spacial score (nSPS) is 9.27. The van der Waals surface area contributed by atoms with Crippen LogP contribution in [0.2, 0.25) is 0 Å². The molecule has 6 nitrogen and oxygen atoms in total. The fourth-order valence-corrected chi connectivity index (χ4v) is 0.475. The number of amides is 2. The molecule has 11 heavy (non-hydrogen) atoms. The predicted molar refractivity (Wildman–Crippen MR) is 35.0 cm³/mol. The third-order valence-corrected chi connectivity index (χ3v) is 0.933. The summed E-state index contributed by atoms with van der Waals surface area (Å²) in [4.78, 5) is 25.3. The minimum absolute atomic E-state index is 0.351. The quantitative estimate of drug-likeness (QED) is 0.461. The number of aliphatic hydroxyl groups excluding tert-OH is 1. The molecule has 0 aliphatic carbocycles. The van der Waals surface area contributed by atoms with Crippen molar-refractivity contribution in [1.29, 1.82) is 0 Å². The molecule has 6 heteroatoms. The van der Waals surface area contributed by atoms with Gasteiger partial charge in [0.2, 0.25) is 5.91 Å². The van der Waals surface area contributed by atoms with Crippen LogP contribution in [0.25, 0.3) is 0 Å². The van der Waals surface area contributed by atoms with Gasteiger partial charge in [0, 0.05) is 0 Å². The van der Waals surface area contributed by atoms with Gasteiger partial charge < -0.3 is 10.8 Å². The molecule has 3 N–H and O–H groups in total. The van der Waals surface area contributed by atoms with Crippen molar-refractivity contribution in [3.8, 4) is 0 Å². The highest BCUT2D eigenvalue weighted by atomic mass is 16.7. The van der Waals surface area contributed by atoms with Gasteiger partial charge in [-0.15, -0.1) is 0 Å². The maximum Gasteiger partial charge on any atom is 0.272 e. The van der Waals surface area contributed by atoms with Crippen molar-refractivity contribution in [2.75, 3.05) is 20.3 Å². The summed E-state index contributed by atoms with van der Waals surface area (Å²) in [5, 5.41) is 9.01. The van der Waals surface area contributed by atoms with Crippen LogP contribution in [-0.2, 0) is 14.4 Å². The summed E-state index contributed by atoms with van der Waals surface area (Å²) in [6.07, 6.45) is 0. The summed E-state index contributed by atoms with van der Waals surface area (Å²) in [5.41, 5.74) is 4.77. The molecule has 2 amide bonds. The first kappa shape index (κ1) is 9.86. The molecule has 0 spiro atoms. The third kappa shape index (κ3) is 3.54. The van der Waals surface area contributed by atoms with Gasteiger partial charge >= 0.3 is 0 Å². The average Bonchev–Trinajstić information content (AvgIpc) is 1.98. The fraction of sp³-hybridized carbons (Fsp3) is 0.600. The van der Waals surface area contributed by atoms with Crippen molar-refractivity contribution >= 4 is 11.8 Å². The summed E-state index contributed by atoms with van der Waals surface area (Å²) in [6.45, 7) is -1.06. The second-order valence-electron chi connectivity index (χ2n) is 1.74. The van der Waals surface area contributed by atoms with Gasteiger partial charge in [-0.1, -0.05) is 0 Å². The second-order valence-corrected chi connectivity index (χ2v) is 1.74. The highest BCUT2D eigenvalue weighted by Gasteiger charge is 2.13. The SMILES string of the molecule is CON(CC(N)=O)C(=O)CO. The Morgan fingerprint density at radius 3 is 2.45 bits per heavy atom. The van der Waals surface area contributed by atoms with E-state index in [0.29, 0.717) is 5.06 Å². The molecule has 0 heterocycles. The fourth-order valence-electron chi connectivity index (χ4n) is 0.475. The molecule has 0 fully saturated rings. The molecule has 0 aromatic carbocycles. The van der Waals surface area contributed by atoms with E-state index in [2.05, 4.69) is 4.84 Å². The zero-order chi connectivity index (χ0) is 8.85. The van der Waals surface area contributed by atoms with Crippen LogP contribution < -0.4 is 5.73 Å². The lowest BCUT2D eigenvalue weighted by Crippen LogP contribution is -2.39. The Bertz CT molecular complexity index is 159. The van der Waals surface area contributed by atoms with Gasteiger partial charge in [0.15, 0.2) is 0 Å².